The van der Waals surface area contributed by atoms with E-state index in [-0.39, 0.29) is 12.1 Å². The number of methoxy groups -OCH3 is 1. The lowest BCUT2D eigenvalue weighted by Crippen LogP contribution is -2.20. The zero-order valence-electron chi connectivity index (χ0n) is 9.06. The van der Waals surface area contributed by atoms with Crippen molar-refractivity contribution in [1.29, 1.82) is 0 Å². The number of rotatable bonds is 6. The minimum atomic E-state index is -0.995. The van der Waals surface area contributed by atoms with Gasteiger partial charge in [-0.25, -0.2) is 9.78 Å². The monoisotopic (exact) mass is 222 g/mol. The van der Waals surface area contributed by atoms with Crippen molar-refractivity contribution in [1.82, 2.24) is 10.3 Å². The van der Waals surface area contributed by atoms with E-state index in [1.54, 1.807) is 19.4 Å². The van der Waals surface area contributed by atoms with Crippen molar-refractivity contribution < 1.29 is 14.6 Å². The van der Waals surface area contributed by atoms with Crippen LogP contribution in [0.25, 0.3) is 0 Å². The van der Waals surface area contributed by atoms with Crippen LogP contribution in [0.1, 0.15) is 5.56 Å². The van der Waals surface area contributed by atoms with Crippen LogP contribution in [0.15, 0.2) is 30.5 Å². The largest absolute Gasteiger partial charge is 0.481 e. The van der Waals surface area contributed by atoms with Crippen LogP contribution < -0.4 is 10.1 Å². The van der Waals surface area contributed by atoms with Gasteiger partial charge >= 0.3 is 5.97 Å². The van der Waals surface area contributed by atoms with E-state index in [1.165, 1.54) is 0 Å². The number of ether oxygens (including phenoxy) is 1. The maximum Gasteiger partial charge on any atom is 0.332 e. The molecule has 0 bridgehead atoms. The lowest BCUT2D eigenvalue weighted by molar-refractivity contribution is -0.132. The summed E-state index contributed by atoms with van der Waals surface area (Å²) >= 11 is 0. The molecule has 0 aliphatic heterocycles. The summed E-state index contributed by atoms with van der Waals surface area (Å²) in [5, 5.41) is 11.6. The lowest BCUT2D eigenvalue weighted by Gasteiger charge is -2.07. The van der Waals surface area contributed by atoms with E-state index in [1.807, 2.05) is 6.07 Å². The molecule has 1 aromatic heterocycles. The van der Waals surface area contributed by atoms with Crippen LogP contribution >= 0.6 is 0 Å². The Labute approximate surface area is 93.8 Å². The highest BCUT2D eigenvalue weighted by Crippen LogP contribution is 2.12. The minimum absolute atomic E-state index is 0.128. The summed E-state index contributed by atoms with van der Waals surface area (Å²) in [6.07, 6.45) is 1.64. The van der Waals surface area contributed by atoms with E-state index >= 15 is 0 Å². The van der Waals surface area contributed by atoms with E-state index in [2.05, 4.69) is 16.9 Å². The summed E-state index contributed by atoms with van der Waals surface area (Å²) < 4.78 is 5.06. The molecule has 0 radical (unpaired) electrons. The molecule has 86 valence electrons. The minimum Gasteiger partial charge on any atom is -0.481 e. The molecule has 1 rings (SSSR count). The first kappa shape index (κ1) is 12.2. The van der Waals surface area contributed by atoms with Crippen molar-refractivity contribution in [2.24, 2.45) is 0 Å². The number of carboxylic acid groups (broad SMARTS) is 1. The van der Waals surface area contributed by atoms with Crippen LogP contribution in [0.2, 0.25) is 0 Å². The molecule has 5 heteroatoms. The molecule has 0 spiro atoms. The fourth-order valence-electron chi connectivity index (χ4n) is 1.17. The van der Waals surface area contributed by atoms with E-state index in [0.717, 1.165) is 5.56 Å². The highest BCUT2D eigenvalue weighted by atomic mass is 16.5. The highest BCUT2D eigenvalue weighted by Gasteiger charge is 2.05. The first-order valence-corrected chi connectivity index (χ1v) is 4.75. The number of hydrogen-bond donors (Lipinski definition) is 2. The highest BCUT2D eigenvalue weighted by molar-refractivity contribution is 5.86. The van der Waals surface area contributed by atoms with Crippen molar-refractivity contribution in [2.45, 2.75) is 6.54 Å². The van der Waals surface area contributed by atoms with Gasteiger partial charge in [-0.3, -0.25) is 0 Å². The molecule has 1 aromatic rings. The Hall–Kier alpha value is -1.88. The molecule has 5 nitrogen and oxygen atoms in total. The van der Waals surface area contributed by atoms with Gasteiger partial charge in [0, 0.05) is 30.4 Å². The zero-order valence-corrected chi connectivity index (χ0v) is 9.06. The van der Waals surface area contributed by atoms with Crippen LogP contribution in [0.3, 0.4) is 0 Å². The molecule has 1 heterocycles. The second-order valence-corrected chi connectivity index (χ2v) is 3.18. The summed E-state index contributed by atoms with van der Waals surface area (Å²) in [4.78, 5) is 14.5. The van der Waals surface area contributed by atoms with Crippen LogP contribution in [-0.2, 0) is 11.3 Å². The summed E-state index contributed by atoms with van der Waals surface area (Å²) in [6, 6.07) is 3.66. The normalized spacial score (nSPS) is 9.81. The van der Waals surface area contributed by atoms with Crippen molar-refractivity contribution >= 4 is 5.97 Å². The molecule has 2 N–H and O–H groups in total. The van der Waals surface area contributed by atoms with Gasteiger partial charge in [0.05, 0.1) is 7.11 Å². The number of aromatic nitrogens is 1. The maximum atomic E-state index is 10.5. The predicted octanol–water partition coefficient (Wildman–Crippen LogP) is 0.821. The number of carbonyl (C=O) groups is 1. The summed E-state index contributed by atoms with van der Waals surface area (Å²) in [6.45, 7) is 4.14. The molecule has 0 aliphatic carbocycles. The summed E-state index contributed by atoms with van der Waals surface area (Å²) in [7, 11) is 1.54. The smallest absolute Gasteiger partial charge is 0.332 e. The molecular weight excluding hydrogens is 208 g/mol. The van der Waals surface area contributed by atoms with Crippen LogP contribution in [0.4, 0.5) is 0 Å². The van der Waals surface area contributed by atoms with E-state index < -0.39 is 5.97 Å². The van der Waals surface area contributed by atoms with Gasteiger partial charge in [0.2, 0.25) is 5.88 Å². The molecule has 16 heavy (non-hydrogen) atoms. The molecule has 0 aromatic carbocycles. The number of nitrogens with one attached hydrogen (secondary N) is 1. The van der Waals surface area contributed by atoms with Crippen molar-refractivity contribution in [3.05, 3.63) is 36.0 Å². The third-order valence-corrected chi connectivity index (χ3v) is 2.00. The topological polar surface area (TPSA) is 71.5 Å². The molecule has 0 saturated heterocycles. The average molecular weight is 222 g/mol. The Morgan fingerprint density at radius 2 is 2.44 bits per heavy atom. The molecule has 0 fully saturated rings. The standard InChI is InChI=1S/C11H14N2O3/c1-8(11(14)15)6-12-7-9-4-3-5-13-10(9)16-2/h3-5,12H,1,6-7H2,2H3,(H,14,15). The van der Waals surface area contributed by atoms with E-state index in [0.29, 0.717) is 12.4 Å². The van der Waals surface area contributed by atoms with Crippen molar-refractivity contribution in [3.63, 3.8) is 0 Å². The van der Waals surface area contributed by atoms with Gasteiger partial charge in [-0.15, -0.1) is 0 Å². The Kier molecular flexibility index (Phi) is 4.47. The van der Waals surface area contributed by atoms with Crippen molar-refractivity contribution in [2.75, 3.05) is 13.7 Å². The Bertz CT molecular complexity index is 391. The SMILES string of the molecule is C=C(CNCc1cccnc1OC)C(=O)O. The Morgan fingerprint density at radius 1 is 1.69 bits per heavy atom. The van der Waals surface area contributed by atoms with E-state index in [4.69, 9.17) is 9.84 Å². The number of carboxylic acids is 1. The first-order chi connectivity index (χ1) is 7.65. The second kappa shape index (κ2) is 5.87. The second-order valence-electron chi connectivity index (χ2n) is 3.18. The fourth-order valence-corrected chi connectivity index (χ4v) is 1.17. The van der Waals surface area contributed by atoms with Gasteiger partial charge in [0.1, 0.15) is 0 Å². The summed E-state index contributed by atoms with van der Waals surface area (Å²) in [5.41, 5.74) is 1.01. The zero-order chi connectivity index (χ0) is 12.0. The van der Waals surface area contributed by atoms with Crippen molar-refractivity contribution in [3.8, 4) is 5.88 Å². The predicted molar refractivity (Wildman–Crippen MR) is 59.3 cm³/mol. The van der Waals surface area contributed by atoms with Gasteiger partial charge in [-0.2, -0.15) is 0 Å². The molecule has 0 unspecified atom stereocenters. The van der Waals surface area contributed by atoms with Gasteiger partial charge in [0.25, 0.3) is 0 Å². The molecule has 0 amide bonds. The van der Waals surface area contributed by atoms with Crippen LogP contribution in [-0.4, -0.2) is 29.7 Å². The van der Waals surface area contributed by atoms with Gasteiger partial charge in [0.15, 0.2) is 0 Å². The van der Waals surface area contributed by atoms with E-state index in [9.17, 15) is 4.79 Å². The fraction of sp³-hybridized carbons (Fsp3) is 0.273. The lowest BCUT2D eigenvalue weighted by atomic mass is 10.2. The number of pyridine rings is 1. The molecule has 0 aliphatic rings. The third kappa shape index (κ3) is 3.36. The maximum absolute atomic E-state index is 10.5. The number of nitrogens with zero attached hydrogens (tertiary/aromatic N) is 1. The quantitative estimate of drug-likeness (QED) is 0.697. The van der Waals surface area contributed by atoms with Gasteiger partial charge in [-0.05, 0) is 6.07 Å². The molecular formula is C11H14N2O3. The number of hydrogen-bond acceptors (Lipinski definition) is 4. The van der Waals surface area contributed by atoms with Gasteiger partial charge < -0.3 is 15.2 Å². The Balaban J connectivity index is 2.48. The third-order valence-electron chi connectivity index (χ3n) is 2.00. The van der Waals surface area contributed by atoms with Crippen LogP contribution in [0.5, 0.6) is 5.88 Å². The summed E-state index contributed by atoms with van der Waals surface area (Å²) in [5.74, 6) is -0.457. The average Bonchev–Trinajstić information content (AvgIpc) is 2.29. The van der Waals surface area contributed by atoms with Gasteiger partial charge in [-0.1, -0.05) is 12.6 Å². The first-order valence-electron chi connectivity index (χ1n) is 4.75. The molecule has 0 saturated carbocycles. The van der Waals surface area contributed by atoms with Crippen LogP contribution in [0, 0.1) is 0 Å². The molecule has 0 atom stereocenters. The number of aliphatic carboxylic acids is 1. The Morgan fingerprint density at radius 3 is 3.06 bits per heavy atom.